The molecular weight excluding hydrogens is 376 g/mol. The lowest BCUT2D eigenvalue weighted by Gasteiger charge is -2.28. The summed E-state index contributed by atoms with van der Waals surface area (Å²) in [7, 11) is 0. The summed E-state index contributed by atoms with van der Waals surface area (Å²) in [5.41, 5.74) is 2.42. The molecule has 0 radical (unpaired) electrons. The molecule has 0 saturated heterocycles. The molecule has 9 nitrogen and oxygen atoms in total. The summed E-state index contributed by atoms with van der Waals surface area (Å²) in [6.07, 6.45) is 0. The Balaban J connectivity index is 2.23. The molecule has 0 fully saturated rings. The fourth-order valence-corrected chi connectivity index (χ4v) is 2.49. The van der Waals surface area contributed by atoms with Gasteiger partial charge in [-0.2, -0.15) is 0 Å². The SMILES string of the molecule is C[C@@H](C(=O)NO)N(Cc1ccc([N+](=O)[O-])cc1)C(=O)Nc1cccc(Cl)c1. The summed E-state index contributed by atoms with van der Waals surface area (Å²) >= 11 is 5.90. The number of carbonyl (C=O) groups excluding carboxylic acids is 2. The molecule has 10 heteroatoms. The number of hydrogen-bond donors (Lipinski definition) is 3. The number of anilines is 1. The maximum atomic E-state index is 12.7. The number of nitrogens with one attached hydrogen (secondary N) is 2. The summed E-state index contributed by atoms with van der Waals surface area (Å²) in [5, 5.41) is 22.7. The fourth-order valence-electron chi connectivity index (χ4n) is 2.30. The molecule has 1 atom stereocenters. The number of rotatable bonds is 6. The number of amides is 3. The Morgan fingerprint density at radius 1 is 1.26 bits per heavy atom. The van der Waals surface area contributed by atoms with Crippen LogP contribution < -0.4 is 10.8 Å². The number of urea groups is 1. The first kappa shape index (κ1) is 20.1. The van der Waals surface area contributed by atoms with Gasteiger partial charge >= 0.3 is 6.03 Å². The highest BCUT2D eigenvalue weighted by Crippen LogP contribution is 2.18. The van der Waals surface area contributed by atoms with E-state index in [1.807, 2.05) is 0 Å². The van der Waals surface area contributed by atoms with E-state index in [2.05, 4.69) is 5.32 Å². The Morgan fingerprint density at radius 2 is 1.93 bits per heavy atom. The van der Waals surface area contributed by atoms with Gasteiger partial charge in [0.25, 0.3) is 11.6 Å². The average molecular weight is 393 g/mol. The summed E-state index contributed by atoms with van der Waals surface area (Å²) in [5.74, 6) is -0.779. The predicted octanol–water partition coefficient (Wildman–Crippen LogP) is 3.18. The molecule has 2 aromatic carbocycles. The second-order valence-electron chi connectivity index (χ2n) is 5.64. The molecule has 0 aliphatic rings. The minimum absolute atomic E-state index is 0.0149. The largest absolute Gasteiger partial charge is 0.322 e. The summed E-state index contributed by atoms with van der Waals surface area (Å²) in [4.78, 5) is 35.9. The number of nitrogens with zero attached hydrogens (tertiary/aromatic N) is 2. The Labute approximate surface area is 159 Å². The molecule has 142 valence electrons. The van der Waals surface area contributed by atoms with E-state index < -0.39 is 22.9 Å². The maximum Gasteiger partial charge on any atom is 0.322 e. The lowest BCUT2D eigenvalue weighted by Crippen LogP contribution is -2.48. The quantitative estimate of drug-likeness (QED) is 0.395. The standard InChI is InChI=1S/C17H17ClN4O5/c1-11(16(23)20-25)21(10-12-5-7-15(8-6-12)22(26)27)17(24)19-14-4-2-3-13(18)9-14/h2-9,11,25H,10H2,1H3,(H,19,24)(H,20,23)/t11-/m0/s1. The molecule has 0 bridgehead atoms. The Morgan fingerprint density at radius 3 is 2.48 bits per heavy atom. The highest BCUT2D eigenvalue weighted by molar-refractivity contribution is 6.30. The van der Waals surface area contributed by atoms with Crippen LogP contribution in [0.1, 0.15) is 12.5 Å². The lowest BCUT2D eigenvalue weighted by atomic mass is 10.1. The molecular formula is C17H17ClN4O5. The van der Waals surface area contributed by atoms with Crippen LogP contribution in [0, 0.1) is 10.1 Å². The van der Waals surface area contributed by atoms with E-state index in [-0.39, 0.29) is 12.2 Å². The van der Waals surface area contributed by atoms with E-state index in [4.69, 9.17) is 16.8 Å². The van der Waals surface area contributed by atoms with Crippen molar-refractivity contribution in [3.05, 3.63) is 69.2 Å². The summed E-state index contributed by atoms with van der Waals surface area (Å²) < 4.78 is 0. The van der Waals surface area contributed by atoms with E-state index >= 15 is 0 Å². The van der Waals surface area contributed by atoms with Gasteiger partial charge in [0.15, 0.2) is 0 Å². The van der Waals surface area contributed by atoms with Gasteiger partial charge in [0, 0.05) is 29.4 Å². The van der Waals surface area contributed by atoms with Crippen molar-refractivity contribution in [1.29, 1.82) is 0 Å². The predicted molar refractivity (Wildman–Crippen MR) is 98.5 cm³/mol. The normalized spacial score (nSPS) is 11.4. The van der Waals surface area contributed by atoms with E-state index in [0.717, 1.165) is 0 Å². The van der Waals surface area contributed by atoms with Crippen molar-refractivity contribution in [2.45, 2.75) is 19.5 Å². The van der Waals surface area contributed by atoms with Crippen molar-refractivity contribution >= 4 is 34.9 Å². The minimum Gasteiger partial charge on any atom is -0.308 e. The first-order valence-corrected chi connectivity index (χ1v) is 8.20. The van der Waals surface area contributed by atoms with Crippen molar-refractivity contribution in [3.63, 3.8) is 0 Å². The van der Waals surface area contributed by atoms with Gasteiger partial charge in [-0.1, -0.05) is 29.8 Å². The summed E-state index contributed by atoms with van der Waals surface area (Å²) in [6, 6.07) is 10.4. The van der Waals surface area contributed by atoms with Gasteiger partial charge in [0.05, 0.1) is 4.92 Å². The molecule has 3 amide bonds. The zero-order chi connectivity index (χ0) is 20.0. The van der Waals surface area contributed by atoms with Gasteiger partial charge < -0.3 is 10.2 Å². The van der Waals surface area contributed by atoms with Gasteiger partial charge in [-0.3, -0.25) is 20.1 Å². The Kier molecular flexibility index (Phi) is 6.69. The maximum absolute atomic E-state index is 12.7. The number of nitro groups is 1. The molecule has 0 aliphatic heterocycles. The second-order valence-corrected chi connectivity index (χ2v) is 6.08. The van der Waals surface area contributed by atoms with Gasteiger partial charge in [0.1, 0.15) is 6.04 Å². The molecule has 3 N–H and O–H groups in total. The van der Waals surface area contributed by atoms with Crippen LogP contribution >= 0.6 is 11.6 Å². The van der Waals surface area contributed by atoms with E-state index in [9.17, 15) is 19.7 Å². The number of nitro benzene ring substituents is 1. The third-order valence-electron chi connectivity index (χ3n) is 3.79. The van der Waals surface area contributed by atoms with Crippen LogP contribution in [0.25, 0.3) is 0 Å². The van der Waals surface area contributed by atoms with Crippen LogP contribution in [0.5, 0.6) is 0 Å². The van der Waals surface area contributed by atoms with Crippen molar-refractivity contribution in [1.82, 2.24) is 10.4 Å². The molecule has 0 saturated carbocycles. The highest BCUT2D eigenvalue weighted by Gasteiger charge is 2.26. The van der Waals surface area contributed by atoms with Crippen molar-refractivity contribution < 1.29 is 19.7 Å². The fraction of sp³-hybridized carbons (Fsp3) is 0.176. The van der Waals surface area contributed by atoms with Crippen molar-refractivity contribution in [2.75, 3.05) is 5.32 Å². The topological polar surface area (TPSA) is 125 Å². The molecule has 0 aromatic heterocycles. The molecule has 0 heterocycles. The van der Waals surface area contributed by atoms with Gasteiger partial charge in [0.2, 0.25) is 0 Å². The third kappa shape index (κ3) is 5.40. The first-order valence-electron chi connectivity index (χ1n) is 7.82. The van der Waals surface area contributed by atoms with Crippen LogP contribution in [-0.2, 0) is 11.3 Å². The smallest absolute Gasteiger partial charge is 0.308 e. The molecule has 0 unspecified atom stereocenters. The van der Waals surface area contributed by atoms with E-state index in [1.165, 1.54) is 41.6 Å². The van der Waals surface area contributed by atoms with Crippen LogP contribution in [0.4, 0.5) is 16.2 Å². The Bertz CT molecular complexity index is 843. The molecule has 2 rings (SSSR count). The zero-order valence-electron chi connectivity index (χ0n) is 14.3. The number of benzene rings is 2. The number of carbonyl (C=O) groups is 2. The van der Waals surface area contributed by atoms with Crippen LogP contribution in [-0.4, -0.2) is 33.0 Å². The highest BCUT2D eigenvalue weighted by atomic mass is 35.5. The number of non-ortho nitro benzene ring substituents is 1. The van der Waals surface area contributed by atoms with Crippen LogP contribution in [0.15, 0.2) is 48.5 Å². The third-order valence-corrected chi connectivity index (χ3v) is 4.03. The van der Waals surface area contributed by atoms with Crippen molar-refractivity contribution in [2.24, 2.45) is 0 Å². The number of hydrogen-bond acceptors (Lipinski definition) is 5. The van der Waals surface area contributed by atoms with E-state index in [1.54, 1.807) is 24.3 Å². The van der Waals surface area contributed by atoms with Gasteiger partial charge in [-0.15, -0.1) is 0 Å². The summed E-state index contributed by atoms with van der Waals surface area (Å²) in [6.45, 7) is 1.42. The van der Waals surface area contributed by atoms with Crippen LogP contribution in [0.3, 0.4) is 0 Å². The molecule has 0 aliphatic carbocycles. The molecule has 27 heavy (non-hydrogen) atoms. The van der Waals surface area contributed by atoms with Gasteiger partial charge in [-0.25, -0.2) is 10.3 Å². The second kappa shape index (κ2) is 8.97. The number of hydroxylamine groups is 1. The van der Waals surface area contributed by atoms with Crippen LogP contribution in [0.2, 0.25) is 5.02 Å². The Hall–Kier alpha value is -3.17. The monoisotopic (exact) mass is 392 g/mol. The number of halogens is 1. The van der Waals surface area contributed by atoms with Gasteiger partial charge in [-0.05, 0) is 30.7 Å². The first-order chi connectivity index (χ1) is 12.8. The minimum atomic E-state index is -1.01. The zero-order valence-corrected chi connectivity index (χ0v) is 15.0. The molecule has 2 aromatic rings. The average Bonchev–Trinajstić information content (AvgIpc) is 2.65. The lowest BCUT2D eigenvalue weighted by molar-refractivity contribution is -0.384. The van der Waals surface area contributed by atoms with E-state index in [0.29, 0.717) is 16.3 Å². The molecule has 0 spiro atoms. The van der Waals surface area contributed by atoms with Crippen molar-refractivity contribution in [3.8, 4) is 0 Å².